The van der Waals surface area contributed by atoms with Crippen molar-refractivity contribution in [1.82, 2.24) is 4.90 Å². The Morgan fingerprint density at radius 2 is 2.05 bits per heavy atom. The topological polar surface area (TPSA) is 29.3 Å². The van der Waals surface area contributed by atoms with Gasteiger partial charge in [0.15, 0.2) is 0 Å². The molecule has 1 aromatic heterocycles. The van der Waals surface area contributed by atoms with Crippen molar-refractivity contribution in [3.05, 3.63) is 55.6 Å². The normalized spacial score (nSPS) is 12.8. The molecule has 108 valence electrons. The molecule has 2 rings (SSSR count). The summed E-state index contributed by atoms with van der Waals surface area (Å²) >= 11 is 11.1. The Bertz CT molecular complexity index is 541. The fraction of sp³-hybridized carbons (Fsp3) is 0.333. The average molecular weight is 374 g/mol. The quantitative estimate of drug-likeness (QED) is 0.796. The molecule has 0 aliphatic rings. The summed E-state index contributed by atoms with van der Waals surface area (Å²) in [5.41, 5.74) is 8.69. The molecule has 2 nitrogen and oxygen atoms in total. The number of nitrogens with two attached hydrogens (primary N) is 1. The van der Waals surface area contributed by atoms with E-state index in [2.05, 4.69) is 39.3 Å². The Balaban J connectivity index is 1.80. The van der Waals surface area contributed by atoms with Crippen molar-refractivity contribution >= 4 is 38.9 Å². The largest absolute Gasteiger partial charge is 0.324 e. The van der Waals surface area contributed by atoms with E-state index in [-0.39, 0.29) is 6.04 Å². The third-order valence-corrected chi connectivity index (χ3v) is 5.00. The van der Waals surface area contributed by atoms with Gasteiger partial charge in [-0.3, -0.25) is 0 Å². The molecule has 0 spiro atoms. The Kier molecular flexibility index (Phi) is 6.05. The second kappa shape index (κ2) is 7.57. The summed E-state index contributed by atoms with van der Waals surface area (Å²) in [6, 6.07) is 10.0. The van der Waals surface area contributed by atoms with Crippen molar-refractivity contribution in [2.75, 3.05) is 13.6 Å². The summed E-state index contributed by atoms with van der Waals surface area (Å²) in [4.78, 5) is 2.30. The van der Waals surface area contributed by atoms with Crippen molar-refractivity contribution in [3.8, 4) is 0 Å². The molecule has 2 aromatic rings. The van der Waals surface area contributed by atoms with E-state index < -0.39 is 0 Å². The van der Waals surface area contributed by atoms with Gasteiger partial charge in [0.2, 0.25) is 0 Å². The highest BCUT2D eigenvalue weighted by Gasteiger charge is 2.08. The molecule has 0 radical (unpaired) electrons. The first-order valence-corrected chi connectivity index (χ1v) is 8.52. The maximum absolute atomic E-state index is 6.22. The van der Waals surface area contributed by atoms with Crippen LogP contribution in [0.1, 0.15) is 23.6 Å². The minimum atomic E-state index is 0.0592. The summed E-state index contributed by atoms with van der Waals surface area (Å²) in [6.07, 6.45) is 0.934. The molecule has 0 saturated carbocycles. The lowest BCUT2D eigenvalue weighted by Gasteiger charge is -2.19. The molecule has 5 heteroatoms. The van der Waals surface area contributed by atoms with Crippen LogP contribution in [0.5, 0.6) is 0 Å². The Morgan fingerprint density at radius 3 is 2.65 bits per heavy atom. The van der Waals surface area contributed by atoms with Crippen molar-refractivity contribution in [2.45, 2.75) is 19.0 Å². The number of benzene rings is 1. The van der Waals surface area contributed by atoms with Crippen LogP contribution in [0.15, 0.2) is 39.5 Å². The van der Waals surface area contributed by atoms with E-state index in [4.69, 9.17) is 17.3 Å². The van der Waals surface area contributed by atoms with Crippen LogP contribution in [0.25, 0.3) is 0 Å². The summed E-state index contributed by atoms with van der Waals surface area (Å²) in [5, 5.41) is 2.93. The van der Waals surface area contributed by atoms with Crippen LogP contribution in [0, 0.1) is 0 Å². The SMILES string of the molecule is CN(CCC(N)c1ccc(Cl)cc1)Cc1csc(Br)c1. The number of nitrogens with zero attached hydrogens (tertiary/aromatic N) is 1. The summed E-state index contributed by atoms with van der Waals surface area (Å²) in [7, 11) is 2.13. The maximum atomic E-state index is 6.22. The van der Waals surface area contributed by atoms with Gasteiger partial charge in [-0.15, -0.1) is 11.3 Å². The fourth-order valence-corrected chi connectivity index (χ4v) is 3.38. The van der Waals surface area contributed by atoms with Crippen molar-refractivity contribution in [3.63, 3.8) is 0 Å². The zero-order valence-electron chi connectivity index (χ0n) is 11.4. The minimum absolute atomic E-state index is 0.0592. The number of thiophene rings is 1. The fourth-order valence-electron chi connectivity index (χ4n) is 2.06. The van der Waals surface area contributed by atoms with E-state index in [0.29, 0.717) is 0 Å². The van der Waals surface area contributed by atoms with Gasteiger partial charge in [-0.2, -0.15) is 0 Å². The number of halogens is 2. The molecular weight excluding hydrogens is 356 g/mol. The van der Waals surface area contributed by atoms with Crippen LogP contribution in [-0.4, -0.2) is 18.5 Å². The predicted octanol–water partition coefficient (Wildman–Crippen LogP) is 4.69. The van der Waals surface area contributed by atoms with E-state index in [0.717, 1.165) is 30.1 Å². The van der Waals surface area contributed by atoms with Crippen molar-refractivity contribution in [1.29, 1.82) is 0 Å². The molecule has 2 N–H and O–H groups in total. The first-order valence-electron chi connectivity index (χ1n) is 6.47. The highest BCUT2D eigenvalue weighted by atomic mass is 79.9. The van der Waals surface area contributed by atoms with Gasteiger partial charge >= 0.3 is 0 Å². The van der Waals surface area contributed by atoms with Gasteiger partial charge in [-0.05, 0) is 70.6 Å². The third kappa shape index (κ3) is 4.86. The van der Waals surface area contributed by atoms with Gasteiger partial charge in [0.25, 0.3) is 0 Å². The average Bonchev–Trinajstić information content (AvgIpc) is 2.82. The predicted molar refractivity (Wildman–Crippen MR) is 91.4 cm³/mol. The number of rotatable bonds is 6. The molecule has 0 bridgehead atoms. The molecule has 1 heterocycles. The second-order valence-corrected chi connectivity index (χ2v) is 7.67. The minimum Gasteiger partial charge on any atom is -0.324 e. The lowest BCUT2D eigenvalue weighted by Crippen LogP contribution is -2.23. The molecule has 0 aliphatic heterocycles. The summed E-state index contributed by atoms with van der Waals surface area (Å²) in [5.74, 6) is 0. The van der Waals surface area contributed by atoms with Gasteiger partial charge in [0, 0.05) is 17.6 Å². The van der Waals surface area contributed by atoms with Crippen LogP contribution in [0.2, 0.25) is 5.02 Å². The molecule has 0 fully saturated rings. The van der Waals surface area contributed by atoms with E-state index in [1.807, 2.05) is 24.3 Å². The van der Waals surface area contributed by atoms with Gasteiger partial charge in [0.05, 0.1) is 3.79 Å². The molecule has 1 aromatic carbocycles. The highest BCUT2D eigenvalue weighted by Crippen LogP contribution is 2.22. The Morgan fingerprint density at radius 1 is 1.35 bits per heavy atom. The lowest BCUT2D eigenvalue weighted by molar-refractivity contribution is 0.312. The van der Waals surface area contributed by atoms with Crippen LogP contribution in [-0.2, 0) is 6.54 Å². The van der Waals surface area contributed by atoms with E-state index >= 15 is 0 Å². The molecule has 20 heavy (non-hydrogen) atoms. The smallest absolute Gasteiger partial charge is 0.0701 e. The maximum Gasteiger partial charge on any atom is 0.0701 e. The number of hydrogen-bond donors (Lipinski definition) is 1. The lowest BCUT2D eigenvalue weighted by atomic mass is 10.0. The molecule has 1 atom stereocenters. The third-order valence-electron chi connectivity index (χ3n) is 3.19. The van der Waals surface area contributed by atoms with Crippen LogP contribution in [0.3, 0.4) is 0 Å². The van der Waals surface area contributed by atoms with E-state index in [1.54, 1.807) is 11.3 Å². The van der Waals surface area contributed by atoms with E-state index in [9.17, 15) is 0 Å². The highest BCUT2D eigenvalue weighted by molar-refractivity contribution is 9.11. The van der Waals surface area contributed by atoms with Crippen LogP contribution < -0.4 is 5.73 Å². The van der Waals surface area contributed by atoms with E-state index in [1.165, 1.54) is 9.35 Å². The number of hydrogen-bond acceptors (Lipinski definition) is 3. The molecule has 0 saturated heterocycles. The second-order valence-electron chi connectivity index (χ2n) is 4.94. The van der Waals surface area contributed by atoms with Gasteiger partial charge in [-0.1, -0.05) is 23.7 Å². The molecule has 0 amide bonds. The standard InChI is InChI=1S/C15H18BrClN2S/c1-19(9-11-8-15(16)20-10-11)7-6-14(18)12-2-4-13(17)5-3-12/h2-5,8,10,14H,6-7,9,18H2,1H3. The zero-order valence-corrected chi connectivity index (χ0v) is 14.5. The van der Waals surface area contributed by atoms with Crippen molar-refractivity contribution < 1.29 is 0 Å². The monoisotopic (exact) mass is 372 g/mol. The Labute approximate surface area is 137 Å². The van der Waals surface area contributed by atoms with Gasteiger partial charge in [0.1, 0.15) is 0 Å². The van der Waals surface area contributed by atoms with Crippen LogP contribution >= 0.6 is 38.9 Å². The summed E-state index contributed by atoms with van der Waals surface area (Å²) < 4.78 is 1.18. The molecule has 0 aliphatic carbocycles. The Hall–Kier alpha value is -0.390. The molecular formula is C15H18BrClN2S. The molecule has 1 unspecified atom stereocenters. The first kappa shape index (κ1) is 16.0. The summed E-state index contributed by atoms with van der Waals surface area (Å²) in [6.45, 7) is 1.92. The van der Waals surface area contributed by atoms with Gasteiger partial charge in [-0.25, -0.2) is 0 Å². The van der Waals surface area contributed by atoms with Crippen molar-refractivity contribution in [2.24, 2.45) is 5.73 Å². The first-order chi connectivity index (χ1) is 9.54. The zero-order chi connectivity index (χ0) is 14.5. The van der Waals surface area contributed by atoms with Gasteiger partial charge < -0.3 is 10.6 Å². The van der Waals surface area contributed by atoms with Crippen LogP contribution in [0.4, 0.5) is 0 Å².